The summed E-state index contributed by atoms with van der Waals surface area (Å²) >= 11 is 0. The second-order valence-corrected chi connectivity index (χ2v) is 8.92. The topological polar surface area (TPSA) is 0 Å². The fraction of sp³-hybridized carbons (Fsp3) is 0.385. The summed E-state index contributed by atoms with van der Waals surface area (Å²) < 4.78 is 0. The van der Waals surface area contributed by atoms with Gasteiger partial charge in [-0.05, 0) is 77.9 Å². The summed E-state index contributed by atoms with van der Waals surface area (Å²) in [7, 11) is 0. The predicted molar refractivity (Wildman–Crippen MR) is 107 cm³/mol. The molecule has 6 rings (SSSR count). The lowest BCUT2D eigenvalue weighted by Crippen LogP contribution is -2.29. The summed E-state index contributed by atoms with van der Waals surface area (Å²) in [6.07, 6.45) is 10.6. The number of rotatable bonds is 2. The maximum absolute atomic E-state index is 2.57. The van der Waals surface area contributed by atoms with E-state index < -0.39 is 0 Å². The van der Waals surface area contributed by atoms with Crippen LogP contribution in [0, 0.1) is 35.5 Å². The van der Waals surface area contributed by atoms with Crippen LogP contribution in [0.4, 0.5) is 0 Å². The Morgan fingerprint density at radius 3 is 1.92 bits per heavy atom. The molecule has 0 aromatic heterocycles. The number of hydrogen-bond donors (Lipinski definition) is 0. The molecule has 3 saturated carbocycles. The highest BCUT2D eigenvalue weighted by Crippen LogP contribution is 2.67. The summed E-state index contributed by atoms with van der Waals surface area (Å²) in [6, 6.07) is 22.2. The molecule has 0 heterocycles. The third-order valence-electron chi connectivity index (χ3n) is 7.94. The molecular formula is C26H26. The van der Waals surface area contributed by atoms with Crippen LogP contribution in [0.5, 0.6) is 0 Å². The molecule has 2 aromatic rings. The van der Waals surface area contributed by atoms with Crippen LogP contribution in [0.2, 0.25) is 0 Å². The van der Waals surface area contributed by atoms with Crippen LogP contribution in [0.1, 0.15) is 36.8 Å². The van der Waals surface area contributed by atoms with Crippen molar-refractivity contribution in [3.8, 4) is 0 Å². The molecule has 130 valence electrons. The van der Waals surface area contributed by atoms with E-state index in [-0.39, 0.29) is 0 Å². The third-order valence-corrected chi connectivity index (χ3v) is 7.94. The summed E-state index contributed by atoms with van der Waals surface area (Å²) in [5, 5.41) is 0. The van der Waals surface area contributed by atoms with E-state index in [4.69, 9.17) is 0 Å². The van der Waals surface area contributed by atoms with Crippen molar-refractivity contribution in [1.82, 2.24) is 0 Å². The predicted octanol–water partition coefficient (Wildman–Crippen LogP) is 6.36. The van der Waals surface area contributed by atoms with Crippen LogP contribution in [0.25, 0.3) is 5.57 Å². The van der Waals surface area contributed by atoms with Crippen LogP contribution in [0.15, 0.2) is 78.4 Å². The van der Waals surface area contributed by atoms with Gasteiger partial charge in [-0.3, -0.25) is 0 Å². The van der Waals surface area contributed by atoms with E-state index in [1.54, 1.807) is 5.57 Å². The average Bonchev–Trinajstić information content (AvgIpc) is 3.43. The zero-order valence-electron chi connectivity index (χ0n) is 15.2. The molecule has 26 heavy (non-hydrogen) atoms. The third kappa shape index (κ3) is 2.08. The van der Waals surface area contributed by atoms with Gasteiger partial charge in [-0.1, -0.05) is 78.4 Å². The molecule has 0 spiro atoms. The van der Waals surface area contributed by atoms with Gasteiger partial charge >= 0.3 is 0 Å². The second-order valence-electron chi connectivity index (χ2n) is 8.92. The highest BCUT2D eigenvalue weighted by atomic mass is 14.6. The first-order valence-corrected chi connectivity index (χ1v) is 10.4. The van der Waals surface area contributed by atoms with Crippen LogP contribution < -0.4 is 0 Å². The number of fused-ring (bicyclic) bond motifs is 8. The van der Waals surface area contributed by atoms with Crippen molar-refractivity contribution in [3.05, 3.63) is 89.5 Å². The van der Waals surface area contributed by atoms with Crippen molar-refractivity contribution in [1.29, 1.82) is 0 Å². The highest BCUT2D eigenvalue weighted by molar-refractivity contribution is 5.82. The quantitative estimate of drug-likeness (QED) is 0.559. The standard InChI is InChI=1S/C26H26/c1-3-8-17(9-4-1)26(18-10-5-2-6-11-18)19-14-22-23(15-19)25-16-24(22)20-12-7-13-21(20)25/h1-12,20-25H,13-16H2. The van der Waals surface area contributed by atoms with Crippen molar-refractivity contribution < 1.29 is 0 Å². The van der Waals surface area contributed by atoms with Gasteiger partial charge in [0.2, 0.25) is 0 Å². The molecule has 4 aliphatic rings. The van der Waals surface area contributed by atoms with E-state index in [9.17, 15) is 0 Å². The van der Waals surface area contributed by atoms with Crippen molar-refractivity contribution in [2.24, 2.45) is 35.5 Å². The van der Waals surface area contributed by atoms with Crippen molar-refractivity contribution in [2.45, 2.75) is 25.7 Å². The molecule has 0 radical (unpaired) electrons. The van der Waals surface area contributed by atoms with Gasteiger partial charge < -0.3 is 0 Å². The molecule has 0 saturated heterocycles. The SMILES string of the molecule is C1=CC2C3CC(C2C1)C1CC(=C(c2ccccc2)c2ccccc2)CC31. The summed E-state index contributed by atoms with van der Waals surface area (Å²) in [5.41, 5.74) is 6.07. The number of hydrogen-bond acceptors (Lipinski definition) is 0. The Morgan fingerprint density at radius 1 is 0.654 bits per heavy atom. The van der Waals surface area contributed by atoms with Gasteiger partial charge in [-0.25, -0.2) is 0 Å². The summed E-state index contributed by atoms with van der Waals surface area (Å²) in [4.78, 5) is 0. The zero-order valence-corrected chi connectivity index (χ0v) is 15.2. The van der Waals surface area contributed by atoms with Gasteiger partial charge in [-0.2, -0.15) is 0 Å². The van der Waals surface area contributed by atoms with Crippen molar-refractivity contribution in [3.63, 3.8) is 0 Å². The number of allylic oxidation sites excluding steroid dienone is 3. The van der Waals surface area contributed by atoms with Gasteiger partial charge in [-0.15, -0.1) is 0 Å². The Kier molecular flexibility index (Phi) is 3.30. The smallest absolute Gasteiger partial charge is 0.0119 e. The largest absolute Gasteiger partial charge is 0.0879 e. The molecular weight excluding hydrogens is 312 g/mol. The van der Waals surface area contributed by atoms with Gasteiger partial charge in [0.1, 0.15) is 0 Å². The van der Waals surface area contributed by atoms with E-state index in [0.29, 0.717) is 0 Å². The van der Waals surface area contributed by atoms with Gasteiger partial charge in [0.05, 0.1) is 0 Å². The van der Waals surface area contributed by atoms with Gasteiger partial charge in [0, 0.05) is 0 Å². The van der Waals surface area contributed by atoms with Crippen LogP contribution in [-0.2, 0) is 0 Å². The minimum Gasteiger partial charge on any atom is -0.0879 e. The normalized spacial score (nSPS) is 36.4. The molecule has 0 N–H and O–H groups in total. The first-order valence-electron chi connectivity index (χ1n) is 10.4. The molecule has 0 amide bonds. The minimum absolute atomic E-state index is 0.914. The molecule has 4 aliphatic carbocycles. The van der Waals surface area contributed by atoms with Crippen LogP contribution >= 0.6 is 0 Å². The zero-order chi connectivity index (χ0) is 17.1. The minimum atomic E-state index is 0.914. The number of benzene rings is 2. The molecule has 6 atom stereocenters. The van der Waals surface area contributed by atoms with Crippen molar-refractivity contribution >= 4 is 5.57 Å². The average molecular weight is 338 g/mol. The van der Waals surface area contributed by atoms with Gasteiger partial charge in [0.15, 0.2) is 0 Å². The lowest BCUT2D eigenvalue weighted by molar-refractivity contribution is 0.156. The van der Waals surface area contributed by atoms with E-state index in [1.807, 2.05) is 0 Å². The fourth-order valence-corrected chi connectivity index (χ4v) is 7.09. The Labute approximate surface area is 156 Å². The van der Waals surface area contributed by atoms with Crippen LogP contribution in [0.3, 0.4) is 0 Å². The van der Waals surface area contributed by atoms with E-state index >= 15 is 0 Å². The highest BCUT2D eigenvalue weighted by Gasteiger charge is 2.59. The monoisotopic (exact) mass is 338 g/mol. The lowest BCUT2D eigenvalue weighted by Gasteiger charge is -2.33. The molecule has 3 fully saturated rings. The second kappa shape index (κ2) is 5.71. The molecule has 0 aliphatic heterocycles. The molecule has 6 unspecified atom stereocenters. The Balaban J connectivity index is 1.43. The van der Waals surface area contributed by atoms with Crippen molar-refractivity contribution in [2.75, 3.05) is 0 Å². The van der Waals surface area contributed by atoms with E-state index in [0.717, 1.165) is 35.5 Å². The Bertz CT molecular complexity index is 831. The molecule has 0 heteroatoms. The molecule has 2 aromatic carbocycles. The van der Waals surface area contributed by atoms with E-state index in [2.05, 4.69) is 72.8 Å². The summed E-state index contributed by atoms with van der Waals surface area (Å²) in [6.45, 7) is 0. The molecule has 0 nitrogen and oxygen atoms in total. The van der Waals surface area contributed by atoms with Crippen LogP contribution in [-0.4, -0.2) is 0 Å². The molecule has 2 bridgehead atoms. The maximum Gasteiger partial charge on any atom is -0.0119 e. The first-order chi connectivity index (χ1) is 12.9. The Morgan fingerprint density at radius 2 is 1.27 bits per heavy atom. The fourth-order valence-electron chi connectivity index (χ4n) is 7.09. The lowest BCUT2D eigenvalue weighted by atomic mass is 9.71. The van der Waals surface area contributed by atoms with Gasteiger partial charge in [0.25, 0.3) is 0 Å². The Hall–Kier alpha value is -2.08. The summed E-state index contributed by atoms with van der Waals surface area (Å²) in [5.74, 6) is 5.77. The maximum atomic E-state index is 2.57. The van der Waals surface area contributed by atoms with E-state index in [1.165, 1.54) is 42.4 Å². The first kappa shape index (κ1) is 15.0.